The Morgan fingerprint density at radius 2 is 1.60 bits per heavy atom. The number of imide groups is 2. The first kappa shape index (κ1) is 21.0. The maximum atomic E-state index is 12.9. The van der Waals surface area contributed by atoms with Crippen LogP contribution in [0, 0.1) is 12.8 Å². The van der Waals surface area contributed by atoms with Crippen LogP contribution in [-0.2, 0) is 21.4 Å². The summed E-state index contributed by atoms with van der Waals surface area (Å²) in [6.45, 7) is 4.70. The molecule has 1 aromatic heterocycles. The second-order valence-electron chi connectivity index (χ2n) is 7.47. The minimum absolute atomic E-state index is 0.0251. The number of nitrogens with zero attached hydrogens (tertiary/aromatic N) is 4. The van der Waals surface area contributed by atoms with E-state index in [0.29, 0.717) is 16.3 Å². The maximum Gasteiger partial charge on any atom is 0.334 e. The van der Waals surface area contributed by atoms with E-state index >= 15 is 0 Å². The van der Waals surface area contributed by atoms with Crippen molar-refractivity contribution in [2.45, 2.75) is 20.8 Å². The highest BCUT2D eigenvalue weighted by Crippen LogP contribution is 2.16. The summed E-state index contributed by atoms with van der Waals surface area (Å²) in [7, 11) is 1.68. The van der Waals surface area contributed by atoms with Gasteiger partial charge >= 0.3 is 17.8 Å². The van der Waals surface area contributed by atoms with Gasteiger partial charge in [-0.25, -0.2) is 14.4 Å². The molecule has 0 atom stereocenters. The molecular formula is C20H23N5O5. The Kier molecular flexibility index (Phi) is 5.59. The Hall–Kier alpha value is -3.69. The minimum atomic E-state index is -1.05. The molecular weight excluding hydrogens is 390 g/mol. The molecule has 3 rings (SSSR count). The molecule has 2 heterocycles. The zero-order chi connectivity index (χ0) is 22.2. The number of anilines is 1. The lowest BCUT2D eigenvalue weighted by Gasteiger charge is -2.16. The van der Waals surface area contributed by atoms with Gasteiger partial charge in [0, 0.05) is 13.6 Å². The van der Waals surface area contributed by atoms with E-state index in [2.05, 4.69) is 5.32 Å². The summed E-state index contributed by atoms with van der Waals surface area (Å²) in [5.41, 5.74) is 0.698. The van der Waals surface area contributed by atoms with Gasteiger partial charge in [-0.15, -0.1) is 0 Å². The number of benzene rings is 1. The number of carbonyl (C=O) groups is 4. The van der Waals surface area contributed by atoms with Crippen LogP contribution in [0.15, 0.2) is 35.1 Å². The molecule has 1 aromatic carbocycles. The fourth-order valence-corrected chi connectivity index (χ4v) is 3.25. The molecule has 0 radical (unpaired) electrons. The van der Waals surface area contributed by atoms with Crippen LogP contribution in [0.5, 0.6) is 0 Å². The van der Waals surface area contributed by atoms with E-state index in [1.807, 2.05) is 6.07 Å². The van der Waals surface area contributed by atoms with E-state index in [-0.39, 0.29) is 18.2 Å². The summed E-state index contributed by atoms with van der Waals surface area (Å²) < 4.78 is 2.98. The number of para-hydroxylation sites is 1. The van der Waals surface area contributed by atoms with Gasteiger partial charge in [0.15, 0.2) is 0 Å². The minimum Gasteiger partial charge on any atom is -0.318 e. The van der Waals surface area contributed by atoms with Gasteiger partial charge in [0.05, 0.1) is 11.4 Å². The lowest BCUT2D eigenvalue weighted by Crippen LogP contribution is -2.40. The molecule has 5 amide bonds. The summed E-state index contributed by atoms with van der Waals surface area (Å²) >= 11 is 0. The van der Waals surface area contributed by atoms with Gasteiger partial charge in [-0.2, -0.15) is 0 Å². The number of nitrogens with one attached hydrogen (secondary N) is 1. The molecule has 1 fully saturated rings. The largest absolute Gasteiger partial charge is 0.334 e. The molecule has 1 saturated heterocycles. The molecule has 1 aliphatic heterocycles. The van der Waals surface area contributed by atoms with Crippen LogP contribution in [0.2, 0.25) is 0 Å². The van der Waals surface area contributed by atoms with Crippen LogP contribution in [-0.4, -0.2) is 56.0 Å². The average molecular weight is 413 g/mol. The van der Waals surface area contributed by atoms with Crippen molar-refractivity contribution in [2.75, 3.05) is 18.4 Å². The lowest BCUT2D eigenvalue weighted by molar-refractivity contribution is -0.143. The van der Waals surface area contributed by atoms with Crippen LogP contribution < -0.4 is 10.9 Å². The van der Waals surface area contributed by atoms with E-state index in [1.165, 1.54) is 4.68 Å². The van der Waals surface area contributed by atoms with Crippen molar-refractivity contribution < 1.29 is 19.2 Å². The zero-order valence-electron chi connectivity index (χ0n) is 17.2. The molecule has 158 valence electrons. The number of urea groups is 1. The Morgan fingerprint density at radius 1 is 1.00 bits per heavy atom. The van der Waals surface area contributed by atoms with Crippen LogP contribution in [0.3, 0.4) is 0 Å². The van der Waals surface area contributed by atoms with Crippen molar-refractivity contribution in [3.63, 3.8) is 0 Å². The first-order valence-corrected chi connectivity index (χ1v) is 9.44. The van der Waals surface area contributed by atoms with Gasteiger partial charge in [0.2, 0.25) is 5.91 Å². The van der Waals surface area contributed by atoms with Gasteiger partial charge in [-0.05, 0) is 25.0 Å². The third-order valence-electron chi connectivity index (χ3n) is 4.80. The highest BCUT2D eigenvalue weighted by atomic mass is 16.2. The van der Waals surface area contributed by atoms with Gasteiger partial charge in [-0.3, -0.25) is 28.8 Å². The number of hydrogen-bond donors (Lipinski definition) is 1. The number of rotatable bonds is 6. The van der Waals surface area contributed by atoms with Crippen LogP contribution in [0.4, 0.5) is 10.5 Å². The molecule has 0 bridgehead atoms. The number of amides is 5. The molecule has 1 N–H and O–H groups in total. The van der Waals surface area contributed by atoms with E-state index in [9.17, 15) is 24.0 Å². The van der Waals surface area contributed by atoms with Crippen molar-refractivity contribution in [3.8, 4) is 5.69 Å². The highest BCUT2D eigenvalue weighted by Gasteiger charge is 2.45. The maximum absolute atomic E-state index is 12.9. The van der Waals surface area contributed by atoms with E-state index in [1.54, 1.807) is 56.8 Å². The lowest BCUT2D eigenvalue weighted by atomic mass is 10.2. The number of aromatic nitrogens is 2. The van der Waals surface area contributed by atoms with Crippen molar-refractivity contribution >= 4 is 29.4 Å². The third-order valence-corrected chi connectivity index (χ3v) is 4.80. The Bertz CT molecular complexity index is 1080. The van der Waals surface area contributed by atoms with E-state index in [4.69, 9.17) is 0 Å². The average Bonchev–Trinajstić information content (AvgIpc) is 3.03. The molecule has 1 aliphatic rings. The fourth-order valence-electron chi connectivity index (χ4n) is 3.25. The summed E-state index contributed by atoms with van der Waals surface area (Å²) in [5, 5.41) is 2.48. The molecule has 10 heteroatoms. The predicted octanol–water partition coefficient (Wildman–Crippen LogP) is 0.870. The van der Waals surface area contributed by atoms with Gasteiger partial charge in [0.25, 0.3) is 5.56 Å². The van der Waals surface area contributed by atoms with Crippen LogP contribution >= 0.6 is 0 Å². The second kappa shape index (κ2) is 7.97. The number of carbonyl (C=O) groups excluding carboxylic acids is 4. The van der Waals surface area contributed by atoms with Crippen molar-refractivity contribution in [2.24, 2.45) is 13.0 Å². The SMILES string of the molecule is Cc1c(NC(=O)CN2C(=O)C(=O)N(CC(C)C)C2=O)c(=O)n(-c2ccccc2)n1C. The molecule has 0 unspecified atom stereocenters. The molecule has 0 aliphatic carbocycles. The highest BCUT2D eigenvalue weighted by molar-refractivity contribution is 6.45. The van der Waals surface area contributed by atoms with E-state index in [0.717, 1.165) is 4.90 Å². The molecule has 0 saturated carbocycles. The standard InChI is InChI=1S/C20H23N5O5/c1-12(2)10-23-18(28)19(29)24(20(23)30)11-15(26)21-16-13(3)22(4)25(17(16)27)14-8-6-5-7-9-14/h5-9,12H,10-11H2,1-4H3,(H,21,26). The molecule has 10 nitrogen and oxygen atoms in total. The van der Waals surface area contributed by atoms with E-state index < -0.39 is 35.9 Å². The van der Waals surface area contributed by atoms with Crippen molar-refractivity contribution in [1.29, 1.82) is 0 Å². The summed E-state index contributed by atoms with van der Waals surface area (Å²) in [5.74, 6) is -2.78. The molecule has 0 spiro atoms. The normalized spacial score (nSPS) is 14.2. The first-order chi connectivity index (χ1) is 14.1. The first-order valence-electron chi connectivity index (χ1n) is 9.44. The number of hydrogen-bond acceptors (Lipinski definition) is 5. The Morgan fingerprint density at radius 3 is 2.20 bits per heavy atom. The van der Waals surface area contributed by atoms with Crippen molar-refractivity contribution in [1.82, 2.24) is 19.2 Å². The third kappa shape index (κ3) is 3.63. The Labute approximate surface area is 172 Å². The topological polar surface area (TPSA) is 114 Å². The Balaban J connectivity index is 1.81. The zero-order valence-corrected chi connectivity index (χ0v) is 17.2. The van der Waals surface area contributed by atoms with Crippen LogP contribution in [0.25, 0.3) is 5.69 Å². The van der Waals surface area contributed by atoms with Gasteiger partial charge < -0.3 is 5.32 Å². The van der Waals surface area contributed by atoms with Gasteiger partial charge in [0.1, 0.15) is 12.2 Å². The molecule has 2 aromatic rings. The summed E-state index contributed by atoms with van der Waals surface area (Å²) in [4.78, 5) is 63.4. The van der Waals surface area contributed by atoms with Crippen LogP contribution in [0.1, 0.15) is 19.5 Å². The quantitative estimate of drug-likeness (QED) is 0.558. The van der Waals surface area contributed by atoms with Crippen molar-refractivity contribution in [3.05, 3.63) is 46.4 Å². The van der Waals surface area contributed by atoms with Gasteiger partial charge in [-0.1, -0.05) is 32.0 Å². The fraction of sp³-hybridized carbons (Fsp3) is 0.350. The monoisotopic (exact) mass is 413 g/mol. The smallest absolute Gasteiger partial charge is 0.318 e. The molecule has 30 heavy (non-hydrogen) atoms. The summed E-state index contributed by atoms with van der Waals surface area (Å²) in [6.07, 6.45) is 0. The predicted molar refractivity (Wildman–Crippen MR) is 108 cm³/mol. The summed E-state index contributed by atoms with van der Waals surface area (Å²) in [6, 6.07) is 8.06. The second-order valence-corrected chi connectivity index (χ2v) is 7.47.